The van der Waals surface area contributed by atoms with Gasteiger partial charge in [-0.05, 0) is 32.0 Å². The van der Waals surface area contributed by atoms with E-state index in [2.05, 4.69) is 20.4 Å². The first-order valence-corrected chi connectivity index (χ1v) is 11.6. The van der Waals surface area contributed by atoms with E-state index in [1.807, 2.05) is 7.05 Å². The monoisotopic (exact) mass is 422 g/mol. The molecule has 2 aromatic heterocycles. The molecule has 4 rings (SSSR count). The Labute approximate surface area is 169 Å². The number of aromatic nitrogens is 3. The van der Waals surface area contributed by atoms with Crippen molar-refractivity contribution in [1.82, 2.24) is 29.1 Å². The molecule has 0 spiro atoms. The largest absolute Gasteiger partial charge is 0.376 e. The van der Waals surface area contributed by atoms with Crippen molar-refractivity contribution >= 4 is 21.6 Å². The fraction of sp³-hybridized carbons (Fsp3) is 0.611. The van der Waals surface area contributed by atoms with Gasteiger partial charge in [0.1, 0.15) is 0 Å². The lowest BCUT2D eigenvalue weighted by molar-refractivity contribution is 0.0857. The number of piperazine rings is 1. The number of sulfonamides is 1. The van der Waals surface area contributed by atoms with Gasteiger partial charge in [0.05, 0.1) is 24.0 Å². The van der Waals surface area contributed by atoms with Crippen LogP contribution in [0.5, 0.6) is 0 Å². The number of carbonyl (C=O) groups is 1. The number of amides is 1. The van der Waals surface area contributed by atoms with Crippen molar-refractivity contribution in [2.75, 3.05) is 46.1 Å². The van der Waals surface area contributed by atoms with Gasteiger partial charge in [-0.2, -0.15) is 4.31 Å². The molecule has 0 radical (unpaired) electrons. The Morgan fingerprint density at radius 2 is 2.14 bits per heavy atom. The van der Waals surface area contributed by atoms with Crippen LogP contribution in [0.3, 0.4) is 0 Å². The second-order valence-electron chi connectivity index (χ2n) is 7.67. The molecule has 2 aliphatic rings. The molecule has 158 valence electrons. The number of pyridine rings is 1. The Morgan fingerprint density at radius 1 is 1.31 bits per heavy atom. The Balaban J connectivity index is 1.57. The fourth-order valence-corrected chi connectivity index (χ4v) is 4.64. The maximum Gasteiger partial charge on any atom is 0.252 e. The minimum atomic E-state index is -3.29. The van der Waals surface area contributed by atoms with Gasteiger partial charge >= 0.3 is 0 Å². The van der Waals surface area contributed by atoms with Crippen molar-refractivity contribution in [2.45, 2.75) is 25.0 Å². The number of hydrogen-bond acceptors (Lipinski definition) is 7. The van der Waals surface area contributed by atoms with Crippen LogP contribution in [0.15, 0.2) is 18.3 Å². The summed E-state index contributed by atoms with van der Waals surface area (Å²) < 4.78 is 32.8. The highest BCUT2D eigenvalue weighted by molar-refractivity contribution is 7.88. The van der Waals surface area contributed by atoms with E-state index in [0.717, 1.165) is 19.4 Å². The summed E-state index contributed by atoms with van der Waals surface area (Å²) in [5.41, 5.74) is 1.11. The number of likely N-dealkylation sites (N-methyl/N-ethyl adjacent to an activating group) is 1. The van der Waals surface area contributed by atoms with E-state index in [4.69, 9.17) is 4.74 Å². The van der Waals surface area contributed by atoms with Crippen molar-refractivity contribution in [1.29, 1.82) is 0 Å². The minimum Gasteiger partial charge on any atom is -0.376 e. The van der Waals surface area contributed by atoms with E-state index < -0.39 is 10.0 Å². The molecular weight excluding hydrogens is 396 g/mol. The molecule has 1 amide bonds. The van der Waals surface area contributed by atoms with Crippen molar-refractivity contribution in [3.8, 4) is 0 Å². The maximum atomic E-state index is 12.6. The number of nitrogens with one attached hydrogen (secondary N) is 1. The molecule has 0 saturated carbocycles. The summed E-state index contributed by atoms with van der Waals surface area (Å²) >= 11 is 0. The summed E-state index contributed by atoms with van der Waals surface area (Å²) in [6, 6.07) is 3.21. The first-order chi connectivity index (χ1) is 13.8. The van der Waals surface area contributed by atoms with E-state index in [9.17, 15) is 13.2 Å². The third kappa shape index (κ3) is 4.27. The minimum absolute atomic E-state index is 0.0750. The Kier molecular flexibility index (Phi) is 5.56. The zero-order chi connectivity index (χ0) is 20.6. The van der Waals surface area contributed by atoms with Gasteiger partial charge < -0.3 is 10.1 Å². The van der Waals surface area contributed by atoms with Gasteiger partial charge in [0.25, 0.3) is 5.91 Å². The zero-order valence-corrected chi connectivity index (χ0v) is 17.4. The molecule has 10 nitrogen and oxygen atoms in total. The van der Waals surface area contributed by atoms with Crippen LogP contribution in [-0.2, 0) is 14.8 Å². The lowest BCUT2D eigenvalue weighted by atomic mass is 10.2. The molecule has 1 N–H and O–H groups in total. The lowest BCUT2D eigenvalue weighted by Gasteiger charge is -2.37. The normalized spacial score (nSPS) is 24.2. The van der Waals surface area contributed by atoms with Crippen molar-refractivity contribution in [2.24, 2.45) is 0 Å². The molecule has 2 fully saturated rings. The van der Waals surface area contributed by atoms with Gasteiger partial charge in [-0.1, -0.05) is 0 Å². The van der Waals surface area contributed by atoms with Gasteiger partial charge in [-0.15, -0.1) is 10.2 Å². The van der Waals surface area contributed by atoms with Crippen LogP contribution >= 0.6 is 0 Å². The third-order valence-corrected chi connectivity index (χ3v) is 6.85. The topological polar surface area (TPSA) is 109 Å². The highest BCUT2D eigenvalue weighted by atomic mass is 32.2. The van der Waals surface area contributed by atoms with Gasteiger partial charge in [-0.3, -0.25) is 14.1 Å². The fourth-order valence-electron chi connectivity index (χ4n) is 3.81. The summed E-state index contributed by atoms with van der Waals surface area (Å²) in [6.45, 7) is 2.57. The average Bonchev–Trinajstić information content (AvgIpc) is 3.35. The lowest BCUT2D eigenvalue weighted by Crippen LogP contribution is -2.49. The zero-order valence-electron chi connectivity index (χ0n) is 16.6. The molecular formula is C18H26N6O4S. The second-order valence-corrected chi connectivity index (χ2v) is 9.65. The number of hydrogen-bond donors (Lipinski definition) is 1. The Bertz CT molecular complexity index is 1000. The molecule has 2 saturated heterocycles. The van der Waals surface area contributed by atoms with E-state index >= 15 is 0 Å². The molecule has 0 unspecified atom stereocenters. The molecule has 2 aliphatic heterocycles. The van der Waals surface area contributed by atoms with E-state index in [-0.39, 0.29) is 18.1 Å². The highest BCUT2D eigenvalue weighted by Crippen LogP contribution is 2.24. The number of nitrogens with zero attached hydrogens (tertiary/aromatic N) is 5. The van der Waals surface area contributed by atoms with Crippen molar-refractivity contribution in [3.05, 3.63) is 29.7 Å². The average molecular weight is 423 g/mol. The molecule has 0 aliphatic carbocycles. The molecule has 0 aromatic carbocycles. The first-order valence-electron chi connectivity index (χ1n) is 9.73. The molecule has 0 bridgehead atoms. The number of carbonyl (C=O) groups excluding carboxylic acids is 1. The van der Waals surface area contributed by atoms with Gasteiger partial charge in [0, 0.05) is 39.0 Å². The third-order valence-electron chi connectivity index (χ3n) is 5.58. The van der Waals surface area contributed by atoms with Crippen LogP contribution in [0, 0.1) is 0 Å². The maximum absolute atomic E-state index is 12.6. The quantitative estimate of drug-likeness (QED) is 0.716. The summed E-state index contributed by atoms with van der Waals surface area (Å²) in [7, 11) is -1.36. The standard InChI is InChI=1S/C18H26N6O4S/c1-22-7-8-23(29(2,26)27)12-15(22)17-21-20-16-6-5-13(11-24(16)17)18(25)19-10-14-4-3-9-28-14/h5-6,11,14-15H,3-4,7-10,12H2,1-2H3,(H,19,25)/t14-,15+/m1/s1. The van der Waals surface area contributed by atoms with Crippen LogP contribution in [0.25, 0.3) is 5.65 Å². The molecule has 11 heteroatoms. The van der Waals surface area contributed by atoms with E-state index in [1.165, 1.54) is 10.6 Å². The second kappa shape index (κ2) is 7.98. The number of rotatable bonds is 5. The van der Waals surface area contributed by atoms with Crippen LogP contribution in [-0.4, -0.2) is 90.3 Å². The summed E-state index contributed by atoms with van der Waals surface area (Å²) in [4.78, 5) is 14.6. The summed E-state index contributed by atoms with van der Waals surface area (Å²) in [5, 5.41) is 11.4. The number of ether oxygens (including phenoxy) is 1. The van der Waals surface area contributed by atoms with Crippen LogP contribution in [0.2, 0.25) is 0 Å². The molecule has 2 aromatic rings. The van der Waals surface area contributed by atoms with Crippen molar-refractivity contribution in [3.63, 3.8) is 0 Å². The Morgan fingerprint density at radius 3 is 2.86 bits per heavy atom. The summed E-state index contributed by atoms with van der Waals surface area (Å²) in [5.74, 6) is 0.432. The SMILES string of the molecule is CN1CCN(S(C)(=O)=O)C[C@H]1c1nnc2ccc(C(=O)NC[C@H]3CCCO3)cn12. The smallest absolute Gasteiger partial charge is 0.252 e. The predicted molar refractivity (Wildman–Crippen MR) is 106 cm³/mol. The highest BCUT2D eigenvalue weighted by Gasteiger charge is 2.33. The van der Waals surface area contributed by atoms with E-state index in [0.29, 0.717) is 43.2 Å². The van der Waals surface area contributed by atoms with Crippen molar-refractivity contribution < 1.29 is 17.9 Å². The van der Waals surface area contributed by atoms with Gasteiger partial charge in [0.15, 0.2) is 11.5 Å². The van der Waals surface area contributed by atoms with Crippen LogP contribution in [0.4, 0.5) is 0 Å². The predicted octanol–water partition coefficient (Wildman–Crippen LogP) is -0.114. The summed E-state index contributed by atoms with van der Waals surface area (Å²) in [6.07, 6.45) is 4.98. The van der Waals surface area contributed by atoms with Crippen LogP contribution < -0.4 is 5.32 Å². The van der Waals surface area contributed by atoms with Crippen LogP contribution in [0.1, 0.15) is 35.1 Å². The van der Waals surface area contributed by atoms with E-state index in [1.54, 1.807) is 22.7 Å². The Hall–Kier alpha value is -2.08. The molecule has 2 atom stereocenters. The van der Waals surface area contributed by atoms with Gasteiger partial charge in [0.2, 0.25) is 10.0 Å². The molecule has 29 heavy (non-hydrogen) atoms. The molecule has 4 heterocycles. The van der Waals surface area contributed by atoms with Gasteiger partial charge in [-0.25, -0.2) is 8.42 Å². The first kappa shape index (κ1) is 20.2. The number of fused-ring (bicyclic) bond motifs is 1.